The van der Waals surface area contributed by atoms with Crippen molar-refractivity contribution < 1.29 is 9.84 Å². The lowest BCUT2D eigenvalue weighted by Gasteiger charge is -2.41. The molecule has 2 N–H and O–H groups in total. The molecule has 0 aliphatic carbocycles. The second kappa shape index (κ2) is 5.70. The maximum atomic E-state index is 10.5. The normalized spacial score (nSPS) is 27.3. The molecule has 1 aliphatic rings. The van der Waals surface area contributed by atoms with E-state index in [0.717, 1.165) is 32.4 Å². The molecule has 1 aliphatic heterocycles. The molecule has 1 fully saturated rings. The van der Waals surface area contributed by atoms with E-state index in [1.807, 2.05) is 0 Å². The summed E-state index contributed by atoms with van der Waals surface area (Å²) in [6.07, 6.45) is 2.27. The molecule has 102 valence electrons. The van der Waals surface area contributed by atoms with Crippen molar-refractivity contribution in [1.29, 1.82) is 0 Å². The number of rotatable bonds is 5. The molecule has 1 atom stereocenters. The van der Waals surface area contributed by atoms with E-state index in [0.29, 0.717) is 6.61 Å². The van der Waals surface area contributed by atoms with Crippen LogP contribution >= 0.6 is 11.3 Å². The Balaban J connectivity index is 1.72. The van der Waals surface area contributed by atoms with Crippen LogP contribution in [0.4, 0.5) is 0 Å². The van der Waals surface area contributed by atoms with Gasteiger partial charge in [-0.3, -0.25) is 0 Å². The molecule has 1 saturated heterocycles. The molecule has 1 unspecified atom stereocenters. The SMILES string of the molecule is CC1(C)CC(O)(CCNCc2cccs2)CCO1. The summed E-state index contributed by atoms with van der Waals surface area (Å²) in [5.74, 6) is 0. The van der Waals surface area contributed by atoms with E-state index in [-0.39, 0.29) is 5.60 Å². The molecule has 0 amide bonds. The van der Waals surface area contributed by atoms with E-state index >= 15 is 0 Å². The lowest BCUT2D eigenvalue weighted by Crippen LogP contribution is -2.47. The van der Waals surface area contributed by atoms with Gasteiger partial charge in [-0.25, -0.2) is 0 Å². The smallest absolute Gasteiger partial charge is 0.0709 e. The van der Waals surface area contributed by atoms with Crippen molar-refractivity contribution in [2.24, 2.45) is 0 Å². The fraction of sp³-hybridized carbons (Fsp3) is 0.714. The first-order valence-corrected chi connectivity index (χ1v) is 7.47. The molecule has 1 aromatic rings. The Morgan fingerprint density at radius 1 is 1.50 bits per heavy atom. The predicted octanol–water partition coefficient (Wildman–Crippen LogP) is 2.55. The number of nitrogens with one attached hydrogen (secondary N) is 1. The minimum Gasteiger partial charge on any atom is -0.390 e. The Kier molecular flexibility index (Phi) is 4.43. The summed E-state index contributed by atoms with van der Waals surface area (Å²) >= 11 is 1.76. The van der Waals surface area contributed by atoms with Gasteiger partial charge in [0.1, 0.15) is 0 Å². The van der Waals surface area contributed by atoms with Gasteiger partial charge in [-0.1, -0.05) is 6.07 Å². The molecular weight excluding hydrogens is 246 g/mol. The van der Waals surface area contributed by atoms with Crippen LogP contribution in [0.5, 0.6) is 0 Å². The van der Waals surface area contributed by atoms with Gasteiger partial charge in [0.15, 0.2) is 0 Å². The predicted molar refractivity (Wildman–Crippen MR) is 74.9 cm³/mol. The second-order valence-corrected chi connectivity index (χ2v) is 6.80. The monoisotopic (exact) mass is 269 g/mol. The topological polar surface area (TPSA) is 41.5 Å². The number of aliphatic hydroxyl groups is 1. The van der Waals surface area contributed by atoms with Gasteiger partial charge in [-0.2, -0.15) is 0 Å². The molecule has 18 heavy (non-hydrogen) atoms. The van der Waals surface area contributed by atoms with Crippen molar-refractivity contribution in [2.75, 3.05) is 13.2 Å². The third kappa shape index (κ3) is 4.05. The maximum absolute atomic E-state index is 10.5. The van der Waals surface area contributed by atoms with Crippen LogP contribution in [0.15, 0.2) is 17.5 Å². The lowest BCUT2D eigenvalue weighted by atomic mass is 9.82. The van der Waals surface area contributed by atoms with Gasteiger partial charge in [0.2, 0.25) is 0 Å². The first-order valence-electron chi connectivity index (χ1n) is 6.59. The van der Waals surface area contributed by atoms with Gasteiger partial charge in [-0.15, -0.1) is 11.3 Å². The van der Waals surface area contributed by atoms with Crippen LogP contribution < -0.4 is 5.32 Å². The Morgan fingerprint density at radius 2 is 2.33 bits per heavy atom. The molecule has 0 spiro atoms. The van der Waals surface area contributed by atoms with Crippen LogP contribution in [-0.4, -0.2) is 29.5 Å². The van der Waals surface area contributed by atoms with Crippen LogP contribution in [0, 0.1) is 0 Å². The molecule has 2 heterocycles. The first-order chi connectivity index (χ1) is 8.49. The fourth-order valence-electron chi connectivity index (χ4n) is 2.61. The fourth-order valence-corrected chi connectivity index (χ4v) is 3.28. The molecule has 0 bridgehead atoms. The van der Waals surface area contributed by atoms with Crippen molar-refractivity contribution in [3.63, 3.8) is 0 Å². The van der Waals surface area contributed by atoms with Crippen molar-refractivity contribution in [3.05, 3.63) is 22.4 Å². The van der Waals surface area contributed by atoms with Gasteiger partial charge in [0, 0.05) is 17.8 Å². The Bertz CT molecular complexity index is 364. The van der Waals surface area contributed by atoms with Crippen LogP contribution in [0.25, 0.3) is 0 Å². The molecule has 3 nitrogen and oxygen atoms in total. The van der Waals surface area contributed by atoms with Gasteiger partial charge in [0.25, 0.3) is 0 Å². The molecule has 0 saturated carbocycles. The van der Waals surface area contributed by atoms with E-state index in [9.17, 15) is 5.11 Å². The standard InChI is InChI=1S/C14H23NO2S/c1-13(2)11-14(16,6-8-17-13)5-7-15-10-12-4-3-9-18-12/h3-4,9,15-16H,5-8,10-11H2,1-2H3. The Hall–Kier alpha value is -0.420. The van der Waals surface area contributed by atoms with Crippen LogP contribution in [0.3, 0.4) is 0 Å². The average molecular weight is 269 g/mol. The minimum atomic E-state index is -0.565. The summed E-state index contributed by atoms with van der Waals surface area (Å²) in [5.41, 5.74) is -0.759. The molecule has 1 aromatic heterocycles. The van der Waals surface area contributed by atoms with Gasteiger partial charge in [0.05, 0.1) is 17.8 Å². The number of thiophene rings is 1. The zero-order chi connectivity index (χ0) is 13.1. The van der Waals surface area contributed by atoms with Crippen LogP contribution in [-0.2, 0) is 11.3 Å². The average Bonchev–Trinajstić information content (AvgIpc) is 2.75. The van der Waals surface area contributed by atoms with Gasteiger partial charge < -0.3 is 15.2 Å². The molecule has 2 rings (SSSR count). The van der Waals surface area contributed by atoms with Gasteiger partial charge >= 0.3 is 0 Å². The molecule has 0 aromatic carbocycles. The molecule has 4 heteroatoms. The highest BCUT2D eigenvalue weighted by molar-refractivity contribution is 7.09. The lowest BCUT2D eigenvalue weighted by molar-refractivity contribution is -0.146. The largest absolute Gasteiger partial charge is 0.390 e. The third-order valence-electron chi connectivity index (χ3n) is 3.46. The maximum Gasteiger partial charge on any atom is 0.0709 e. The van der Waals surface area contributed by atoms with E-state index in [1.54, 1.807) is 11.3 Å². The van der Waals surface area contributed by atoms with Crippen molar-refractivity contribution in [3.8, 4) is 0 Å². The third-order valence-corrected chi connectivity index (χ3v) is 4.34. The highest BCUT2D eigenvalue weighted by Gasteiger charge is 2.38. The van der Waals surface area contributed by atoms with Crippen molar-refractivity contribution in [1.82, 2.24) is 5.32 Å². The zero-order valence-electron chi connectivity index (χ0n) is 11.2. The van der Waals surface area contributed by atoms with E-state index in [1.165, 1.54) is 4.88 Å². The zero-order valence-corrected chi connectivity index (χ0v) is 12.1. The summed E-state index contributed by atoms with van der Waals surface area (Å²) in [6, 6.07) is 4.19. The minimum absolute atomic E-state index is 0.194. The van der Waals surface area contributed by atoms with Crippen molar-refractivity contribution in [2.45, 2.75) is 50.9 Å². The van der Waals surface area contributed by atoms with E-state index in [2.05, 4.69) is 36.7 Å². The highest BCUT2D eigenvalue weighted by atomic mass is 32.1. The molecule has 0 radical (unpaired) electrons. The molecular formula is C14H23NO2S. The van der Waals surface area contributed by atoms with E-state index < -0.39 is 5.60 Å². The van der Waals surface area contributed by atoms with Crippen molar-refractivity contribution >= 4 is 11.3 Å². The number of ether oxygens (including phenoxy) is 1. The van der Waals surface area contributed by atoms with Crippen LogP contribution in [0.1, 0.15) is 38.0 Å². The Morgan fingerprint density at radius 3 is 3.00 bits per heavy atom. The summed E-state index contributed by atoms with van der Waals surface area (Å²) in [5, 5.41) is 16.0. The first kappa shape index (κ1) is 14.0. The number of hydrogen-bond donors (Lipinski definition) is 2. The second-order valence-electron chi connectivity index (χ2n) is 5.77. The Labute approximate surface area is 113 Å². The summed E-state index contributed by atoms with van der Waals surface area (Å²) in [7, 11) is 0. The summed E-state index contributed by atoms with van der Waals surface area (Å²) in [6.45, 7) is 6.51. The van der Waals surface area contributed by atoms with E-state index in [4.69, 9.17) is 4.74 Å². The van der Waals surface area contributed by atoms with Gasteiger partial charge in [-0.05, 0) is 44.7 Å². The van der Waals surface area contributed by atoms with Crippen LogP contribution in [0.2, 0.25) is 0 Å². The highest BCUT2D eigenvalue weighted by Crippen LogP contribution is 2.33. The summed E-state index contributed by atoms with van der Waals surface area (Å²) in [4.78, 5) is 1.34. The number of hydrogen-bond acceptors (Lipinski definition) is 4. The summed E-state index contributed by atoms with van der Waals surface area (Å²) < 4.78 is 5.65. The quantitative estimate of drug-likeness (QED) is 0.807.